The van der Waals surface area contributed by atoms with E-state index in [1.807, 2.05) is 31.2 Å². The molecule has 0 saturated heterocycles. The Kier molecular flexibility index (Phi) is 7.03. The van der Waals surface area contributed by atoms with Gasteiger partial charge in [-0.25, -0.2) is 4.79 Å². The number of pyridine rings is 1. The molecular formula is C22H22N2O5S. The monoisotopic (exact) mass is 426 g/mol. The Labute approximate surface area is 177 Å². The standard InChI is InChI=1S/C22H22N2O5S/c1-3-14-6-9-18(23-12-14)16(11-20(25)28-2)13-29-17-7-4-15(5-8-17)10-19-21(26)24-22(27)30-19/h4-9,11-12,26H,3,10,13H2,1-2H3,(H,24,27). The number of benzene rings is 1. The molecule has 1 aromatic carbocycles. The smallest absolute Gasteiger partial charge is 0.330 e. The number of aryl methyl sites for hydroxylation is 1. The number of carbonyl (C=O) groups excluding carboxylic acids is 1. The van der Waals surface area contributed by atoms with Crippen LogP contribution in [0.15, 0.2) is 53.5 Å². The van der Waals surface area contributed by atoms with Gasteiger partial charge in [-0.05, 0) is 35.7 Å². The van der Waals surface area contributed by atoms with Crippen LogP contribution in [0.2, 0.25) is 0 Å². The highest BCUT2D eigenvalue weighted by atomic mass is 32.1. The zero-order valence-corrected chi connectivity index (χ0v) is 17.5. The van der Waals surface area contributed by atoms with Crippen LogP contribution >= 0.6 is 11.3 Å². The van der Waals surface area contributed by atoms with Gasteiger partial charge >= 0.3 is 10.8 Å². The van der Waals surface area contributed by atoms with Crippen molar-refractivity contribution in [1.82, 2.24) is 9.97 Å². The molecule has 8 heteroatoms. The number of hydrogen-bond donors (Lipinski definition) is 2. The molecule has 2 aromatic heterocycles. The van der Waals surface area contributed by atoms with Crippen molar-refractivity contribution in [2.45, 2.75) is 19.8 Å². The zero-order chi connectivity index (χ0) is 21.5. The number of ether oxygens (including phenoxy) is 2. The van der Waals surface area contributed by atoms with Crippen LogP contribution in [0.1, 0.15) is 28.6 Å². The molecule has 0 fully saturated rings. The maximum atomic E-state index is 11.8. The number of thiazole rings is 1. The number of aromatic hydroxyl groups is 1. The second-order valence-corrected chi connectivity index (χ2v) is 7.56. The Hall–Kier alpha value is -3.39. The summed E-state index contributed by atoms with van der Waals surface area (Å²) in [7, 11) is 1.32. The Bertz CT molecular complexity index is 1080. The van der Waals surface area contributed by atoms with Crippen molar-refractivity contribution < 1.29 is 19.4 Å². The lowest BCUT2D eigenvalue weighted by Crippen LogP contribution is -2.06. The largest absolute Gasteiger partial charge is 0.494 e. The number of nitrogens with zero attached hydrogens (tertiary/aromatic N) is 1. The van der Waals surface area contributed by atoms with Crippen LogP contribution in [-0.2, 0) is 22.4 Å². The minimum Gasteiger partial charge on any atom is -0.494 e. The molecule has 0 aliphatic rings. The molecule has 0 spiro atoms. The molecule has 0 unspecified atom stereocenters. The first-order valence-corrected chi connectivity index (χ1v) is 10.2. The summed E-state index contributed by atoms with van der Waals surface area (Å²) in [6.45, 7) is 2.19. The zero-order valence-electron chi connectivity index (χ0n) is 16.7. The predicted octanol–water partition coefficient (Wildman–Crippen LogP) is 3.33. The van der Waals surface area contributed by atoms with E-state index in [0.717, 1.165) is 28.9 Å². The molecule has 0 radical (unpaired) electrons. The normalized spacial score (nSPS) is 11.3. The SMILES string of the molecule is CCc1ccc(C(=CC(=O)OC)COc2ccc(Cc3sc(=O)[nH]c3O)cc2)nc1. The van der Waals surface area contributed by atoms with Gasteiger partial charge in [0, 0.05) is 24.3 Å². The fourth-order valence-corrected chi connectivity index (χ4v) is 3.49. The molecule has 0 atom stereocenters. The van der Waals surface area contributed by atoms with Crippen LogP contribution in [0.5, 0.6) is 11.6 Å². The molecule has 0 aliphatic heterocycles. The molecule has 0 bridgehead atoms. The third-order valence-electron chi connectivity index (χ3n) is 4.44. The molecule has 7 nitrogen and oxygen atoms in total. The summed E-state index contributed by atoms with van der Waals surface area (Å²) in [4.78, 5) is 30.1. The summed E-state index contributed by atoms with van der Waals surface area (Å²) in [5.74, 6) is 0.0475. The number of nitrogens with one attached hydrogen (secondary N) is 1. The van der Waals surface area contributed by atoms with Gasteiger partial charge in [0.25, 0.3) is 0 Å². The number of esters is 1. The Morgan fingerprint density at radius 1 is 1.20 bits per heavy atom. The van der Waals surface area contributed by atoms with Crippen LogP contribution in [0, 0.1) is 0 Å². The van der Waals surface area contributed by atoms with Crippen molar-refractivity contribution in [3.63, 3.8) is 0 Å². The van der Waals surface area contributed by atoms with Crippen LogP contribution in [0.4, 0.5) is 0 Å². The van der Waals surface area contributed by atoms with Crippen molar-refractivity contribution in [3.05, 3.63) is 80.0 Å². The maximum absolute atomic E-state index is 11.8. The molecule has 30 heavy (non-hydrogen) atoms. The number of methoxy groups -OCH3 is 1. The van der Waals surface area contributed by atoms with Gasteiger partial charge < -0.3 is 14.6 Å². The summed E-state index contributed by atoms with van der Waals surface area (Å²) in [5, 5.41) is 9.71. The summed E-state index contributed by atoms with van der Waals surface area (Å²) in [6, 6.07) is 11.1. The molecule has 3 rings (SSSR count). The third-order valence-corrected chi connectivity index (χ3v) is 5.31. The molecule has 156 valence electrons. The molecule has 0 saturated carbocycles. The molecule has 0 amide bonds. The van der Waals surface area contributed by atoms with E-state index >= 15 is 0 Å². The van der Waals surface area contributed by atoms with Crippen LogP contribution < -0.4 is 9.61 Å². The van der Waals surface area contributed by atoms with E-state index in [0.29, 0.717) is 28.3 Å². The highest BCUT2D eigenvalue weighted by molar-refractivity contribution is 7.09. The van der Waals surface area contributed by atoms with E-state index in [-0.39, 0.29) is 17.4 Å². The average Bonchev–Trinajstić information content (AvgIpc) is 3.08. The van der Waals surface area contributed by atoms with Gasteiger partial charge in [-0.1, -0.05) is 36.5 Å². The van der Waals surface area contributed by atoms with Gasteiger partial charge in [-0.2, -0.15) is 0 Å². The third kappa shape index (κ3) is 5.57. The van der Waals surface area contributed by atoms with E-state index in [2.05, 4.69) is 9.97 Å². The first-order chi connectivity index (χ1) is 14.5. The van der Waals surface area contributed by atoms with E-state index in [9.17, 15) is 14.7 Å². The lowest BCUT2D eigenvalue weighted by atomic mass is 10.1. The summed E-state index contributed by atoms with van der Waals surface area (Å²) in [6.07, 6.45) is 4.47. The fraction of sp³-hybridized carbons (Fsp3) is 0.227. The molecule has 3 aromatic rings. The van der Waals surface area contributed by atoms with E-state index in [4.69, 9.17) is 9.47 Å². The number of aromatic nitrogens is 2. The predicted molar refractivity (Wildman–Crippen MR) is 115 cm³/mol. The minimum atomic E-state index is -0.476. The van der Waals surface area contributed by atoms with Crippen molar-refractivity contribution in [2.24, 2.45) is 0 Å². The van der Waals surface area contributed by atoms with Gasteiger partial charge in [0.15, 0.2) is 0 Å². The first-order valence-electron chi connectivity index (χ1n) is 9.35. The second kappa shape index (κ2) is 9.89. The number of hydrogen-bond acceptors (Lipinski definition) is 7. The molecule has 2 heterocycles. The minimum absolute atomic E-state index is 0.0930. The second-order valence-electron chi connectivity index (χ2n) is 6.49. The topological polar surface area (TPSA) is 102 Å². The number of H-pyrrole nitrogens is 1. The summed E-state index contributed by atoms with van der Waals surface area (Å²) in [5.41, 5.74) is 3.28. The highest BCUT2D eigenvalue weighted by Gasteiger charge is 2.10. The Balaban J connectivity index is 1.70. The van der Waals surface area contributed by atoms with Crippen LogP contribution in [0.25, 0.3) is 5.57 Å². The van der Waals surface area contributed by atoms with Crippen molar-refractivity contribution >= 4 is 22.9 Å². The van der Waals surface area contributed by atoms with E-state index < -0.39 is 5.97 Å². The van der Waals surface area contributed by atoms with Gasteiger partial charge in [-0.3, -0.25) is 14.8 Å². The number of rotatable bonds is 8. The van der Waals surface area contributed by atoms with Gasteiger partial charge in [-0.15, -0.1) is 0 Å². The number of aromatic amines is 1. The lowest BCUT2D eigenvalue weighted by molar-refractivity contribution is -0.134. The molecular weight excluding hydrogens is 404 g/mol. The average molecular weight is 426 g/mol. The summed E-state index contributed by atoms with van der Waals surface area (Å²) >= 11 is 0.985. The Morgan fingerprint density at radius 3 is 2.50 bits per heavy atom. The highest BCUT2D eigenvalue weighted by Crippen LogP contribution is 2.22. The van der Waals surface area contributed by atoms with Gasteiger partial charge in [0.05, 0.1) is 17.7 Å². The van der Waals surface area contributed by atoms with Crippen LogP contribution in [0.3, 0.4) is 0 Å². The lowest BCUT2D eigenvalue weighted by Gasteiger charge is -2.11. The van der Waals surface area contributed by atoms with Crippen LogP contribution in [-0.4, -0.2) is 34.8 Å². The van der Waals surface area contributed by atoms with Gasteiger partial charge in [0.2, 0.25) is 5.88 Å². The molecule has 0 aliphatic carbocycles. The maximum Gasteiger partial charge on any atom is 0.330 e. The van der Waals surface area contributed by atoms with Gasteiger partial charge in [0.1, 0.15) is 12.4 Å². The van der Waals surface area contributed by atoms with E-state index in [1.165, 1.54) is 13.2 Å². The quantitative estimate of drug-likeness (QED) is 0.423. The fourth-order valence-electron chi connectivity index (χ4n) is 2.74. The van der Waals surface area contributed by atoms with Crippen molar-refractivity contribution in [1.29, 1.82) is 0 Å². The number of carbonyl (C=O) groups is 1. The van der Waals surface area contributed by atoms with Crippen molar-refractivity contribution in [2.75, 3.05) is 13.7 Å². The van der Waals surface area contributed by atoms with E-state index in [1.54, 1.807) is 18.3 Å². The summed E-state index contributed by atoms with van der Waals surface area (Å²) < 4.78 is 10.6. The first kappa shape index (κ1) is 21.3. The Morgan fingerprint density at radius 2 is 1.93 bits per heavy atom. The van der Waals surface area contributed by atoms with Crippen molar-refractivity contribution in [3.8, 4) is 11.6 Å². The molecule has 2 N–H and O–H groups in total.